The van der Waals surface area contributed by atoms with Crippen LogP contribution in [0, 0.1) is 0 Å². The summed E-state index contributed by atoms with van der Waals surface area (Å²) in [4.78, 5) is 33.1. The second-order valence-corrected chi connectivity index (χ2v) is 7.84. The lowest BCUT2D eigenvalue weighted by Gasteiger charge is -2.04. The number of aliphatic hydroxyl groups is 1. The Labute approximate surface area is 176 Å². The van der Waals surface area contributed by atoms with E-state index < -0.39 is 0 Å². The largest absolute Gasteiger partial charge is 0.394 e. The molecule has 0 aromatic carbocycles. The minimum absolute atomic E-state index is 0.00619. The lowest BCUT2D eigenvalue weighted by atomic mass is 10.2. The van der Waals surface area contributed by atoms with Gasteiger partial charge in [0.25, 0.3) is 5.56 Å². The summed E-state index contributed by atoms with van der Waals surface area (Å²) in [6.07, 6.45) is 6.88. The highest BCUT2D eigenvalue weighted by molar-refractivity contribution is 7.21. The maximum Gasteiger partial charge on any atom is 0.261 e. The van der Waals surface area contributed by atoms with Gasteiger partial charge in [-0.2, -0.15) is 10.2 Å². The van der Waals surface area contributed by atoms with Crippen LogP contribution in [0.5, 0.6) is 0 Å². The molecule has 0 unspecified atom stereocenters. The summed E-state index contributed by atoms with van der Waals surface area (Å²) in [5.41, 5.74) is 2.50. The Morgan fingerprint density at radius 3 is 2.97 bits per heavy atom. The number of H-pyrrole nitrogens is 1. The van der Waals surface area contributed by atoms with Gasteiger partial charge in [0.15, 0.2) is 0 Å². The van der Waals surface area contributed by atoms with Crippen LogP contribution in [0.1, 0.15) is 0 Å². The number of amides is 1. The Morgan fingerprint density at radius 2 is 2.17 bits per heavy atom. The zero-order chi connectivity index (χ0) is 20.8. The summed E-state index contributed by atoms with van der Waals surface area (Å²) in [6, 6.07) is 1.63. The van der Waals surface area contributed by atoms with Crippen molar-refractivity contribution in [2.24, 2.45) is 0 Å². The van der Waals surface area contributed by atoms with Crippen LogP contribution in [0.2, 0.25) is 0 Å². The number of aliphatic hydroxyl groups excluding tert-OH is 1. The van der Waals surface area contributed by atoms with Gasteiger partial charge in [-0.25, -0.2) is 4.52 Å². The topological polar surface area (TPSA) is 130 Å². The van der Waals surface area contributed by atoms with E-state index in [1.807, 2.05) is 12.4 Å². The zero-order valence-electron chi connectivity index (χ0n) is 15.3. The van der Waals surface area contributed by atoms with E-state index >= 15 is 0 Å². The van der Waals surface area contributed by atoms with Crippen molar-refractivity contribution in [1.82, 2.24) is 29.4 Å². The first kappa shape index (κ1) is 18.7. The van der Waals surface area contributed by atoms with Crippen LogP contribution in [-0.2, 0) is 11.3 Å². The minimum atomic E-state index is -0.362. The van der Waals surface area contributed by atoms with Gasteiger partial charge in [0.2, 0.25) is 5.91 Å². The molecule has 1 amide bonds. The lowest BCUT2D eigenvalue weighted by molar-refractivity contribution is -0.113. The summed E-state index contributed by atoms with van der Waals surface area (Å²) in [7, 11) is 0. The SMILES string of the molecule is O=C(CCl)Nc1cnc2c(c1)[nH]c(=O)c1c2nn2cc(-c3cnn(CCO)c3)sc12. The fourth-order valence-electron chi connectivity index (χ4n) is 3.26. The van der Waals surface area contributed by atoms with Crippen molar-refractivity contribution in [3.63, 3.8) is 0 Å². The van der Waals surface area contributed by atoms with Crippen LogP contribution in [0.25, 0.3) is 37.2 Å². The van der Waals surface area contributed by atoms with E-state index in [9.17, 15) is 9.59 Å². The van der Waals surface area contributed by atoms with Crippen LogP contribution >= 0.6 is 22.9 Å². The number of rotatable bonds is 5. The fraction of sp³-hybridized carbons (Fsp3) is 0.167. The van der Waals surface area contributed by atoms with Crippen molar-refractivity contribution in [2.75, 3.05) is 17.8 Å². The van der Waals surface area contributed by atoms with E-state index in [1.54, 1.807) is 21.5 Å². The van der Waals surface area contributed by atoms with Gasteiger partial charge in [0.05, 0.1) is 41.6 Å². The normalized spacial score (nSPS) is 11.7. The highest BCUT2D eigenvalue weighted by atomic mass is 35.5. The summed E-state index contributed by atoms with van der Waals surface area (Å²) in [5, 5.41) is 20.9. The number of nitrogens with zero attached hydrogens (tertiary/aromatic N) is 5. The molecule has 0 aliphatic carbocycles. The number of fused-ring (bicyclic) bond motifs is 5. The van der Waals surface area contributed by atoms with Gasteiger partial charge < -0.3 is 15.4 Å². The number of aromatic amines is 1. The highest BCUT2D eigenvalue weighted by Gasteiger charge is 2.18. The summed E-state index contributed by atoms with van der Waals surface area (Å²) in [5.74, 6) is -0.537. The smallest absolute Gasteiger partial charge is 0.261 e. The molecule has 0 aliphatic rings. The Kier molecular flexibility index (Phi) is 4.50. The molecule has 0 spiro atoms. The second-order valence-electron chi connectivity index (χ2n) is 6.54. The van der Waals surface area contributed by atoms with Gasteiger partial charge in [-0.1, -0.05) is 0 Å². The summed E-state index contributed by atoms with van der Waals surface area (Å²) >= 11 is 6.93. The lowest BCUT2D eigenvalue weighted by Crippen LogP contribution is -2.13. The molecular weight excluding hydrogens is 430 g/mol. The number of thiazole rings is 1. The Bertz CT molecular complexity index is 1480. The molecule has 0 atom stereocenters. The molecule has 0 bridgehead atoms. The van der Waals surface area contributed by atoms with E-state index in [0.717, 1.165) is 10.4 Å². The number of aromatic nitrogens is 6. The van der Waals surface area contributed by atoms with E-state index in [2.05, 4.69) is 25.5 Å². The Morgan fingerprint density at radius 1 is 1.30 bits per heavy atom. The van der Waals surface area contributed by atoms with Gasteiger partial charge in [-0.05, 0) is 6.07 Å². The molecule has 12 heteroatoms. The number of carbonyl (C=O) groups is 1. The third kappa shape index (κ3) is 3.03. The Balaban J connectivity index is 1.63. The molecule has 0 aliphatic heterocycles. The number of hydrogen-bond donors (Lipinski definition) is 3. The number of alkyl halides is 1. The van der Waals surface area contributed by atoms with Crippen LogP contribution < -0.4 is 10.9 Å². The van der Waals surface area contributed by atoms with Crippen molar-refractivity contribution in [2.45, 2.75) is 6.54 Å². The third-order valence-corrected chi connectivity index (χ3v) is 5.94. The van der Waals surface area contributed by atoms with Gasteiger partial charge in [-0.15, -0.1) is 22.9 Å². The van der Waals surface area contributed by atoms with E-state index in [0.29, 0.717) is 39.0 Å². The van der Waals surface area contributed by atoms with Gasteiger partial charge in [-0.3, -0.25) is 19.3 Å². The van der Waals surface area contributed by atoms with Crippen molar-refractivity contribution in [3.8, 4) is 10.4 Å². The fourth-order valence-corrected chi connectivity index (χ4v) is 4.39. The number of nitrogens with one attached hydrogen (secondary N) is 2. The van der Waals surface area contributed by atoms with E-state index in [-0.39, 0.29) is 24.0 Å². The molecule has 10 nitrogen and oxygen atoms in total. The molecule has 152 valence electrons. The van der Waals surface area contributed by atoms with Crippen molar-refractivity contribution >= 4 is 61.3 Å². The second kappa shape index (κ2) is 7.20. The molecular formula is C18H14ClN7O3S. The maximum absolute atomic E-state index is 12.8. The van der Waals surface area contributed by atoms with Crippen molar-refractivity contribution in [1.29, 1.82) is 0 Å². The Hall–Kier alpha value is -3.28. The van der Waals surface area contributed by atoms with Crippen LogP contribution in [0.4, 0.5) is 5.69 Å². The quantitative estimate of drug-likeness (QED) is 0.355. The molecule has 5 aromatic heterocycles. The van der Waals surface area contributed by atoms with Crippen LogP contribution in [0.3, 0.4) is 0 Å². The first-order valence-electron chi connectivity index (χ1n) is 8.91. The molecule has 5 rings (SSSR count). The molecule has 0 saturated carbocycles. The van der Waals surface area contributed by atoms with Gasteiger partial charge >= 0.3 is 0 Å². The molecule has 30 heavy (non-hydrogen) atoms. The van der Waals surface area contributed by atoms with Crippen molar-refractivity contribution < 1.29 is 9.90 Å². The van der Waals surface area contributed by atoms with E-state index in [4.69, 9.17) is 16.7 Å². The van der Waals surface area contributed by atoms with Gasteiger partial charge in [0.1, 0.15) is 27.1 Å². The average Bonchev–Trinajstić information content (AvgIpc) is 3.42. The highest BCUT2D eigenvalue weighted by Crippen LogP contribution is 2.33. The molecule has 3 N–H and O–H groups in total. The molecule has 5 aromatic rings. The van der Waals surface area contributed by atoms with Crippen molar-refractivity contribution in [3.05, 3.63) is 41.2 Å². The first-order chi connectivity index (χ1) is 14.6. The van der Waals surface area contributed by atoms with Crippen LogP contribution in [0.15, 0.2) is 35.6 Å². The number of pyridine rings is 2. The number of anilines is 1. The van der Waals surface area contributed by atoms with Crippen LogP contribution in [-0.4, -0.2) is 52.9 Å². The molecule has 0 fully saturated rings. The van der Waals surface area contributed by atoms with Gasteiger partial charge in [0, 0.05) is 18.0 Å². The average molecular weight is 444 g/mol. The predicted octanol–water partition coefficient (Wildman–Crippen LogP) is 1.82. The number of carbonyl (C=O) groups excluding carboxylic acids is 1. The summed E-state index contributed by atoms with van der Waals surface area (Å²) < 4.78 is 3.31. The molecule has 0 saturated heterocycles. The maximum atomic E-state index is 12.8. The molecule has 0 radical (unpaired) electrons. The summed E-state index contributed by atoms with van der Waals surface area (Å²) in [6.45, 7) is 0.419. The molecule has 5 heterocycles. The minimum Gasteiger partial charge on any atom is -0.394 e. The van der Waals surface area contributed by atoms with E-state index in [1.165, 1.54) is 17.5 Å². The predicted molar refractivity (Wildman–Crippen MR) is 114 cm³/mol. The standard InChI is InChI=1S/C18H14ClN7O3S/c19-4-13(28)22-10-3-11-15(20-6-10)16-14(17(29)23-11)18-26(24-16)8-12(30-18)9-5-21-25(7-9)1-2-27/h3,5-8,27H,1-2,4H2,(H,22,28)(H,23,29). The number of hydrogen-bond acceptors (Lipinski definition) is 7. The monoisotopic (exact) mass is 443 g/mol. The zero-order valence-corrected chi connectivity index (χ0v) is 16.9. The first-order valence-corrected chi connectivity index (χ1v) is 10.3. The number of halogens is 1. The third-order valence-electron chi connectivity index (χ3n) is 4.55.